The third kappa shape index (κ3) is 2.49. The van der Waals surface area contributed by atoms with Gasteiger partial charge >= 0.3 is 5.97 Å². The Morgan fingerprint density at radius 3 is 2.93 bits per heavy atom. The van der Waals surface area contributed by atoms with Gasteiger partial charge in [0.25, 0.3) is 0 Å². The van der Waals surface area contributed by atoms with E-state index in [1.165, 1.54) is 13.2 Å². The summed E-state index contributed by atoms with van der Waals surface area (Å²) in [7, 11) is 1.49. The number of anilines is 1. The zero-order chi connectivity index (χ0) is 11.3. The van der Waals surface area contributed by atoms with E-state index in [0.717, 1.165) is 0 Å². The van der Waals surface area contributed by atoms with Gasteiger partial charge in [-0.15, -0.1) is 0 Å². The highest BCUT2D eigenvalue weighted by atomic mass is 16.5. The summed E-state index contributed by atoms with van der Waals surface area (Å²) in [5, 5.41) is 0. The van der Waals surface area contributed by atoms with Crippen LogP contribution in [0.5, 0.6) is 5.75 Å². The topological polar surface area (TPSA) is 61.5 Å². The minimum Gasteiger partial charge on any atom is -0.495 e. The van der Waals surface area contributed by atoms with Crippen LogP contribution in [0, 0.1) is 0 Å². The minimum absolute atomic E-state index is 0.162. The molecule has 4 heteroatoms. The Morgan fingerprint density at radius 1 is 1.60 bits per heavy atom. The number of methoxy groups -OCH3 is 1. The van der Waals surface area contributed by atoms with Crippen molar-refractivity contribution in [3.8, 4) is 5.75 Å². The van der Waals surface area contributed by atoms with E-state index < -0.39 is 5.97 Å². The SMILES string of the molecule is C=CCOC(=O)c1cccc(OC)c1N. The van der Waals surface area contributed by atoms with Crippen molar-refractivity contribution < 1.29 is 14.3 Å². The maximum Gasteiger partial charge on any atom is 0.340 e. The van der Waals surface area contributed by atoms with Crippen LogP contribution in [-0.2, 0) is 4.74 Å². The van der Waals surface area contributed by atoms with Gasteiger partial charge in [-0.25, -0.2) is 4.79 Å². The molecule has 0 heterocycles. The van der Waals surface area contributed by atoms with Gasteiger partial charge < -0.3 is 15.2 Å². The molecule has 2 N–H and O–H groups in total. The van der Waals surface area contributed by atoms with Crippen molar-refractivity contribution >= 4 is 11.7 Å². The quantitative estimate of drug-likeness (QED) is 0.463. The number of carbonyl (C=O) groups excluding carboxylic acids is 1. The molecule has 0 radical (unpaired) electrons. The van der Waals surface area contributed by atoms with Crippen molar-refractivity contribution in [2.24, 2.45) is 0 Å². The summed E-state index contributed by atoms with van der Waals surface area (Å²) in [5.74, 6) is -0.0191. The fourth-order valence-corrected chi connectivity index (χ4v) is 1.11. The Balaban J connectivity index is 2.93. The van der Waals surface area contributed by atoms with Crippen LogP contribution in [0.2, 0.25) is 0 Å². The Hall–Kier alpha value is -1.97. The maximum atomic E-state index is 11.5. The molecular weight excluding hydrogens is 194 g/mol. The fourth-order valence-electron chi connectivity index (χ4n) is 1.11. The molecule has 15 heavy (non-hydrogen) atoms. The van der Waals surface area contributed by atoms with Gasteiger partial charge in [-0.1, -0.05) is 18.7 Å². The van der Waals surface area contributed by atoms with E-state index in [9.17, 15) is 4.79 Å². The summed E-state index contributed by atoms with van der Waals surface area (Å²) in [5.41, 5.74) is 6.30. The summed E-state index contributed by atoms with van der Waals surface area (Å²) in [6.07, 6.45) is 1.49. The summed E-state index contributed by atoms with van der Waals surface area (Å²) in [6, 6.07) is 4.95. The first kappa shape index (κ1) is 11.1. The first-order valence-corrected chi connectivity index (χ1v) is 4.41. The molecule has 1 aromatic rings. The highest BCUT2D eigenvalue weighted by Crippen LogP contribution is 2.25. The average Bonchev–Trinajstić information content (AvgIpc) is 2.26. The zero-order valence-electron chi connectivity index (χ0n) is 8.53. The molecule has 0 bridgehead atoms. The lowest BCUT2D eigenvalue weighted by atomic mass is 10.1. The number of carbonyl (C=O) groups is 1. The van der Waals surface area contributed by atoms with E-state index in [1.807, 2.05) is 0 Å². The molecule has 0 aliphatic rings. The lowest BCUT2D eigenvalue weighted by Crippen LogP contribution is -2.09. The summed E-state index contributed by atoms with van der Waals surface area (Å²) in [4.78, 5) is 11.5. The van der Waals surface area contributed by atoms with Crippen LogP contribution in [0.3, 0.4) is 0 Å². The molecule has 0 aliphatic carbocycles. The molecular formula is C11H13NO3. The average molecular weight is 207 g/mol. The van der Waals surface area contributed by atoms with Crippen molar-refractivity contribution in [3.63, 3.8) is 0 Å². The molecule has 0 saturated carbocycles. The number of rotatable bonds is 4. The van der Waals surface area contributed by atoms with Crippen molar-refractivity contribution in [1.29, 1.82) is 0 Å². The zero-order valence-corrected chi connectivity index (χ0v) is 8.53. The molecule has 0 saturated heterocycles. The third-order valence-corrected chi connectivity index (χ3v) is 1.84. The highest BCUT2D eigenvalue weighted by Gasteiger charge is 2.13. The molecule has 80 valence electrons. The van der Waals surface area contributed by atoms with E-state index in [0.29, 0.717) is 11.3 Å². The van der Waals surface area contributed by atoms with Crippen molar-refractivity contribution in [1.82, 2.24) is 0 Å². The van der Waals surface area contributed by atoms with Gasteiger partial charge in [0, 0.05) is 0 Å². The molecule has 0 amide bonds. The van der Waals surface area contributed by atoms with Gasteiger partial charge in [0.1, 0.15) is 12.4 Å². The van der Waals surface area contributed by atoms with Crippen LogP contribution in [0.4, 0.5) is 5.69 Å². The molecule has 0 atom stereocenters. The van der Waals surface area contributed by atoms with Crippen LogP contribution in [0.1, 0.15) is 10.4 Å². The molecule has 1 rings (SSSR count). The standard InChI is InChI=1S/C11H13NO3/c1-3-7-15-11(13)8-5-4-6-9(14-2)10(8)12/h3-6H,1,7,12H2,2H3. The van der Waals surface area contributed by atoms with Crippen LogP contribution in [0.15, 0.2) is 30.9 Å². The summed E-state index contributed by atoms with van der Waals surface area (Å²) >= 11 is 0. The van der Waals surface area contributed by atoms with Crippen LogP contribution >= 0.6 is 0 Å². The lowest BCUT2D eigenvalue weighted by Gasteiger charge is -2.08. The molecule has 0 unspecified atom stereocenters. The van der Waals surface area contributed by atoms with Crippen molar-refractivity contribution in [2.75, 3.05) is 19.5 Å². The number of para-hydroxylation sites is 1. The minimum atomic E-state index is -0.480. The monoisotopic (exact) mass is 207 g/mol. The second-order valence-electron chi connectivity index (χ2n) is 2.81. The first-order chi connectivity index (χ1) is 7.20. The van der Waals surface area contributed by atoms with Crippen molar-refractivity contribution in [2.45, 2.75) is 0 Å². The van der Waals surface area contributed by atoms with Crippen molar-refractivity contribution in [3.05, 3.63) is 36.4 Å². The second-order valence-corrected chi connectivity index (χ2v) is 2.81. The Labute approximate surface area is 88.3 Å². The molecule has 0 fully saturated rings. The van der Waals surface area contributed by atoms with Gasteiger partial charge in [-0.3, -0.25) is 0 Å². The number of esters is 1. The molecule has 0 aromatic heterocycles. The summed E-state index contributed by atoms with van der Waals surface area (Å²) < 4.78 is 9.85. The number of hydrogen-bond acceptors (Lipinski definition) is 4. The van der Waals surface area contributed by atoms with Gasteiger partial charge in [0.05, 0.1) is 18.4 Å². The maximum absolute atomic E-state index is 11.5. The third-order valence-electron chi connectivity index (χ3n) is 1.84. The Morgan fingerprint density at radius 2 is 2.33 bits per heavy atom. The largest absolute Gasteiger partial charge is 0.495 e. The molecule has 0 spiro atoms. The van der Waals surface area contributed by atoms with E-state index >= 15 is 0 Å². The van der Waals surface area contributed by atoms with E-state index in [-0.39, 0.29) is 12.3 Å². The molecule has 1 aromatic carbocycles. The van der Waals surface area contributed by atoms with Gasteiger partial charge in [-0.2, -0.15) is 0 Å². The number of hydrogen-bond donors (Lipinski definition) is 1. The Bertz CT molecular complexity index is 374. The van der Waals surface area contributed by atoms with Gasteiger partial charge in [0.15, 0.2) is 0 Å². The predicted molar refractivity (Wildman–Crippen MR) is 57.9 cm³/mol. The molecule has 4 nitrogen and oxygen atoms in total. The van der Waals surface area contributed by atoms with Crippen LogP contribution in [-0.4, -0.2) is 19.7 Å². The smallest absolute Gasteiger partial charge is 0.340 e. The number of nitrogen functional groups attached to an aromatic ring is 1. The van der Waals surface area contributed by atoms with Crippen LogP contribution < -0.4 is 10.5 Å². The lowest BCUT2D eigenvalue weighted by molar-refractivity contribution is 0.0550. The highest BCUT2D eigenvalue weighted by molar-refractivity contribution is 5.96. The second kappa shape index (κ2) is 5.05. The number of ether oxygens (including phenoxy) is 2. The fraction of sp³-hybridized carbons (Fsp3) is 0.182. The number of nitrogens with two attached hydrogens (primary N) is 1. The van der Waals surface area contributed by atoms with E-state index in [1.54, 1.807) is 18.2 Å². The normalized spacial score (nSPS) is 9.40. The van der Waals surface area contributed by atoms with E-state index in [2.05, 4.69) is 6.58 Å². The van der Waals surface area contributed by atoms with Gasteiger partial charge in [-0.05, 0) is 12.1 Å². The predicted octanol–water partition coefficient (Wildman–Crippen LogP) is 1.62. The van der Waals surface area contributed by atoms with Crippen LogP contribution in [0.25, 0.3) is 0 Å². The van der Waals surface area contributed by atoms with E-state index in [4.69, 9.17) is 15.2 Å². The summed E-state index contributed by atoms with van der Waals surface area (Å²) in [6.45, 7) is 3.61. The first-order valence-electron chi connectivity index (χ1n) is 4.41. The van der Waals surface area contributed by atoms with Gasteiger partial charge in [0.2, 0.25) is 0 Å². The number of benzene rings is 1. The Kier molecular flexibility index (Phi) is 3.74. The molecule has 0 aliphatic heterocycles.